The maximum absolute atomic E-state index is 12.8. The van der Waals surface area contributed by atoms with Crippen molar-refractivity contribution in [3.63, 3.8) is 0 Å². The standard InChI is InChI=1S/C18H25N5O4/c1-2-27-18(26)23-11-9-22(10-12-23)17(25)16-13-15(3-4-19-16)21-7-5-20(14-24)6-8-21/h3-4,13-14H,2,5-12H2,1H3. The Bertz CT molecular complexity index is 682. The number of aromatic nitrogens is 1. The zero-order valence-electron chi connectivity index (χ0n) is 15.5. The number of hydrogen-bond donors (Lipinski definition) is 0. The number of carbonyl (C=O) groups excluding carboxylic acids is 3. The number of amides is 3. The first-order chi connectivity index (χ1) is 13.1. The normalized spacial score (nSPS) is 17.7. The van der Waals surface area contributed by atoms with Crippen LogP contribution < -0.4 is 4.90 Å². The average molecular weight is 375 g/mol. The first-order valence-electron chi connectivity index (χ1n) is 9.23. The van der Waals surface area contributed by atoms with Gasteiger partial charge >= 0.3 is 6.09 Å². The third-order valence-corrected chi connectivity index (χ3v) is 4.88. The van der Waals surface area contributed by atoms with E-state index in [1.165, 1.54) is 0 Å². The molecule has 9 heteroatoms. The maximum Gasteiger partial charge on any atom is 0.409 e. The summed E-state index contributed by atoms with van der Waals surface area (Å²) in [5, 5.41) is 0. The Morgan fingerprint density at radius 1 is 1.07 bits per heavy atom. The fourth-order valence-electron chi connectivity index (χ4n) is 3.29. The summed E-state index contributed by atoms with van der Waals surface area (Å²) >= 11 is 0. The molecule has 0 atom stereocenters. The molecule has 2 fully saturated rings. The first-order valence-corrected chi connectivity index (χ1v) is 9.23. The molecule has 9 nitrogen and oxygen atoms in total. The minimum absolute atomic E-state index is 0.133. The third kappa shape index (κ3) is 4.47. The molecule has 0 radical (unpaired) electrons. The highest BCUT2D eigenvalue weighted by atomic mass is 16.6. The molecule has 0 aliphatic carbocycles. The van der Waals surface area contributed by atoms with Crippen molar-refractivity contribution in [1.29, 1.82) is 0 Å². The van der Waals surface area contributed by atoms with E-state index in [1.54, 1.807) is 33.9 Å². The highest BCUT2D eigenvalue weighted by molar-refractivity contribution is 5.93. The van der Waals surface area contributed by atoms with E-state index in [0.717, 1.165) is 25.2 Å². The first kappa shape index (κ1) is 18.9. The lowest BCUT2D eigenvalue weighted by Gasteiger charge is -2.35. The van der Waals surface area contributed by atoms with Crippen molar-refractivity contribution < 1.29 is 19.1 Å². The Kier molecular flexibility index (Phi) is 6.10. The van der Waals surface area contributed by atoms with Crippen LogP contribution in [0.15, 0.2) is 18.3 Å². The Labute approximate surface area is 158 Å². The molecule has 2 aliphatic rings. The molecule has 27 heavy (non-hydrogen) atoms. The van der Waals surface area contributed by atoms with Crippen LogP contribution >= 0.6 is 0 Å². The van der Waals surface area contributed by atoms with Gasteiger partial charge in [-0.15, -0.1) is 0 Å². The van der Waals surface area contributed by atoms with Crippen LogP contribution in [-0.2, 0) is 9.53 Å². The molecule has 0 bridgehead atoms. The van der Waals surface area contributed by atoms with Crippen molar-refractivity contribution in [2.75, 3.05) is 63.9 Å². The van der Waals surface area contributed by atoms with Gasteiger partial charge < -0.3 is 24.3 Å². The van der Waals surface area contributed by atoms with Crippen LogP contribution in [-0.4, -0.2) is 97.1 Å². The molecule has 2 saturated heterocycles. The lowest BCUT2D eigenvalue weighted by Crippen LogP contribution is -2.51. The van der Waals surface area contributed by atoms with Crippen molar-refractivity contribution in [2.24, 2.45) is 0 Å². The number of rotatable bonds is 4. The van der Waals surface area contributed by atoms with Crippen molar-refractivity contribution in [1.82, 2.24) is 19.7 Å². The highest BCUT2D eigenvalue weighted by Gasteiger charge is 2.26. The van der Waals surface area contributed by atoms with Crippen LogP contribution in [0, 0.1) is 0 Å². The van der Waals surface area contributed by atoms with Gasteiger partial charge in [0, 0.05) is 64.2 Å². The Morgan fingerprint density at radius 2 is 1.74 bits per heavy atom. The molecule has 0 aromatic carbocycles. The molecule has 0 saturated carbocycles. The van der Waals surface area contributed by atoms with Crippen LogP contribution in [0.25, 0.3) is 0 Å². The Morgan fingerprint density at radius 3 is 2.37 bits per heavy atom. The van der Waals surface area contributed by atoms with E-state index in [2.05, 4.69) is 9.88 Å². The SMILES string of the molecule is CCOC(=O)N1CCN(C(=O)c2cc(N3CCN(C=O)CC3)ccn2)CC1. The number of nitrogens with zero attached hydrogens (tertiary/aromatic N) is 5. The fraction of sp³-hybridized carbons (Fsp3) is 0.556. The molecule has 1 aromatic heterocycles. The number of anilines is 1. The van der Waals surface area contributed by atoms with E-state index in [0.29, 0.717) is 51.6 Å². The van der Waals surface area contributed by atoms with Crippen LogP contribution in [0.1, 0.15) is 17.4 Å². The molecule has 3 amide bonds. The Hall–Kier alpha value is -2.84. The summed E-state index contributed by atoms with van der Waals surface area (Å²) in [7, 11) is 0. The summed E-state index contributed by atoms with van der Waals surface area (Å²) in [4.78, 5) is 46.9. The summed E-state index contributed by atoms with van der Waals surface area (Å²) in [6.07, 6.45) is 2.18. The molecule has 3 rings (SSSR count). The summed E-state index contributed by atoms with van der Waals surface area (Å²) in [5.41, 5.74) is 1.33. The minimum Gasteiger partial charge on any atom is -0.450 e. The second kappa shape index (κ2) is 8.70. The van der Waals surface area contributed by atoms with E-state index in [1.807, 2.05) is 6.07 Å². The van der Waals surface area contributed by atoms with Gasteiger partial charge in [-0.2, -0.15) is 0 Å². The van der Waals surface area contributed by atoms with Crippen molar-refractivity contribution in [3.05, 3.63) is 24.0 Å². The van der Waals surface area contributed by atoms with E-state index in [4.69, 9.17) is 4.74 Å². The number of pyridine rings is 1. The smallest absolute Gasteiger partial charge is 0.409 e. The topological polar surface area (TPSA) is 86.3 Å². The highest BCUT2D eigenvalue weighted by Crippen LogP contribution is 2.18. The molecule has 146 valence electrons. The van der Waals surface area contributed by atoms with Crippen molar-refractivity contribution in [2.45, 2.75) is 6.92 Å². The van der Waals surface area contributed by atoms with Gasteiger partial charge in [-0.25, -0.2) is 4.79 Å². The second-order valence-corrected chi connectivity index (χ2v) is 6.51. The monoisotopic (exact) mass is 375 g/mol. The van der Waals surface area contributed by atoms with Gasteiger partial charge in [0.25, 0.3) is 5.91 Å². The predicted octanol–water partition coefficient (Wildman–Crippen LogP) is 0.274. The quantitative estimate of drug-likeness (QED) is 0.703. The van der Waals surface area contributed by atoms with Gasteiger partial charge in [0.15, 0.2) is 0 Å². The van der Waals surface area contributed by atoms with Crippen LogP contribution in [0.2, 0.25) is 0 Å². The zero-order chi connectivity index (χ0) is 19.2. The number of hydrogen-bond acceptors (Lipinski definition) is 6. The van der Waals surface area contributed by atoms with Crippen molar-refractivity contribution in [3.8, 4) is 0 Å². The summed E-state index contributed by atoms with van der Waals surface area (Å²) in [6.45, 7) is 6.75. The molecule has 0 spiro atoms. The van der Waals surface area contributed by atoms with Gasteiger partial charge in [-0.05, 0) is 19.1 Å². The fourth-order valence-corrected chi connectivity index (χ4v) is 3.29. The zero-order valence-corrected chi connectivity index (χ0v) is 15.5. The molecular formula is C18H25N5O4. The van der Waals surface area contributed by atoms with E-state index in [-0.39, 0.29) is 12.0 Å². The lowest BCUT2D eigenvalue weighted by atomic mass is 10.2. The minimum atomic E-state index is -0.334. The molecular weight excluding hydrogens is 350 g/mol. The van der Waals surface area contributed by atoms with E-state index < -0.39 is 0 Å². The molecule has 0 N–H and O–H groups in total. The molecule has 1 aromatic rings. The van der Waals surface area contributed by atoms with Crippen LogP contribution in [0.4, 0.5) is 10.5 Å². The van der Waals surface area contributed by atoms with Gasteiger partial charge in [0.05, 0.1) is 6.61 Å². The molecule has 2 aliphatic heterocycles. The van der Waals surface area contributed by atoms with Gasteiger partial charge in [0.2, 0.25) is 6.41 Å². The summed E-state index contributed by atoms with van der Waals surface area (Å²) < 4.78 is 5.00. The number of carbonyl (C=O) groups is 3. The van der Waals surface area contributed by atoms with E-state index >= 15 is 0 Å². The predicted molar refractivity (Wildman–Crippen MR) is 98.6 cm³/mol. The number of piperazine rings is 2. The van der Waals surface area contributed by atoms with Gasteiger partial charge in [-0.3, -0.25) is 14.6 Å². The molecule has 3 heterocycles. The van der Waals surface area contributed by atoms with Crippen LogP contribution in [0.3, 0.4) is 0 Å². The van der Waals surface area contributed by atoms with Gasteiger partial charge in [0.1, 0.15) is 5.69 Å². The third-order valence-electron chi connectivity index (χ3n) is 4.88. The van der Waals surface area contributed by atoms with Crippen molar-refractivity contribution >= 4 is 24.1 Å². The summed E-state index contributed by atoms with van der Waals surface area (Å²) in [6, 6.07) is 3.68. The maximum atomic E-state index is 12.8. The Balaban J connectivity index is 1.59. The molecule has 0 unspecified atom stereocenters. The average Bonchev–Trinajstić information content (AvgIpc) is 2.73. The largest absolute Gasteiger partial charge is 0.450 e. The lowest BCUT2D eigenvalue weighted by molar-refractivity contribution is -0.118. The summed E-state index contributed by atoms with van der Waals surface area (Å²) in [5.74, 6) is -0.133. The van der Waals surface area contributed by atoms with E-state index in [9.17, 15) is 14.4 Å². The second-order valence-electron chi connectivity index (χ2n) is 6.51. The number of ether oxygens (including phenoxy) is 1. The van der Waals surface area contributed by atoms with Crippen LogP contribution in [0.5, 0.6) is 0 Å². The van der Waals surface area contributed by atoms with Gasteiger partial charge in [-0.1, -0.05) is 0 Å².